The minimum atomic E-state index is -1.36. The van der Waals surface area contributed by atoms with Crippen molar-refractivity contribution in [2.24, 2.45) is 0 Å². The highest BCUT2D eigenvalue weighted by Crippen LogP contribution is 2.34. The van der Waals surface area contributed by atoms with Gasteiger partial charge >= 0.3 is 6.09 Å². The van der Waals surface area contributed by atoms with Crippen LogP contribution >= 0.6 is 11.3 Å². The molecule has 0 saturated carbocycles. The highest BCUT2D eigenvalue weighted by atomic mass is 32.1. The van der Waals surface area contributed by atoms with Crippen molar-refractivity contribution in [2.45, 2.75) is 19.4 Å². The number of benzene rings is 2. The van der Waals surface area contributed by atoms with Crippen molar-refractivity contribution in [2.75, 3.05) is 0 Å². The summed E-state index contributed by atoms with van der Waals surface area (Å²) in [7, 11) is 0. The lowest BCUT2D eigenvalue weighted by Gasteiger charge is -2.23. The number of aromatic nitrogens is 2. The van der Waals surface area contributed by atoms with E-state index >= 15 is 0 Å². The van der Waals surface area contributed by atoms with Crippen LogP contribution in [0.2, 0.25) is 0 Å². The first-order chi connectivity index (χ1) is 16.3. The summed E-state index contributed by atoms with van der Waals surface area (Å²) in [5, 5.41) is 11.4. The Morgan fingerprint density at radius 1 is 1.12 bits per heavy atom. The zero-order chi connectivity index (χ0) is 24.1. The largest absolute Gasteiger partial charge is 0.464 e. The molecule has 5 rings (SSSR count). The molecule has 0 unspecified atom stereocenters. The number of rotatable bonds is 5. The van der Waals surface area contributed by atoms with Crippen LogP contribution in [0.3, 0.4) is 0 Å². The number of fused-ring (bicyclic) bond motifs is 2. The highest BCUT2D eigenvalue weighted by molar-refractivity contribution is 7.12. The molecule has 34 heavy (non-hydrogen) atoms. The third-order valence-corrected chi connectivity index (χ3v) is 6.66. The standard InChI is InChI=1S/C24H16FN3O5S/c1-2-18(28-22(30)14-5-3-4-6-15(14)23(28)31)17-11-34-21(26-17)20(29)16-10-27(24(32)33)19-9-12(25)7-8-13(16)19/h3-11,18H,2H2,1H3,(H,32,33)/t18-/m0/s1. The number of halogens is 1. The Kier molecular flexibility index (Phi) is 5.09. The van der Waals surface area contributed by atoms with Crippen molar-refractivity contribution in [3.05, 3.63) is 87.3 Å². The van der Waals surface area contributed by atoms with E-state index in [4.69, 9.17) is 0 Å². The predicted molar refractivity (Wildman–Crippen MR) is 121 cm³/mol. The van der Waals surface area contributed by atoms with Crippen LogP contribution in [0, 0.1) is 5.82 Å². The molecule has 170 valence electrons. The first-order valence-corrected chi connectivity index (χ1v) is 11.2. The molecular formula is C24H16FN3O5S. The maximum atomic E-state index is 13.7. The van der Waals surface area contributed by atoms with Gasteiger partial charge in [0.05, 0.1) is 33.9 Å². The lowest BCUT2D eigenvalue weighted by atomic mass is 10.1. The topological polar surface area (TPSA) is 110 Å². The van der Waals surface area contributed by atoms with Gasteiger partial charge in [0.2, 0.25) is 5.78 Å². The molecule has 4 aromatic rings. The number of imide groups is 1. The minimum absolute atomic E-state index is 0.0464. The summed E-state index contributed by atoms with van der Waals surface area (Å²) in [4.78, 5) is 56.2. The van der Waals surface area contributed by atoms with Crippen LogP contribution in [0.1, 0.15) is 61.2 Å². The van der Waals surface area contributed by atoms with Crippen molar-refractivity contribution in [3.8, 4) is 0 Å². The van der Waals surface area contributed by atoms with Gasteiger partial charge < -0.3 is 5.11 Å². The molecule has 1 atom stereocenters. The number of thiazole rings is 1. The lowest BCUT2D eigenvalue weighted by Crippen LogP contribution is -2.34. The number of hydrogen-bond donors (Lipinski definition) is 1. The van der Waals surface area contributed by atoms with Crippen LogP contribution in [-0.2, 0) is 0 Å². The molecule has 3 heterocycles. The van der Waals surface area contributed by atoms with E-state index < -0.39 is 35.5 Å². The number of carbonyl (C=O) groups excluding carboxylic acids is 3. The summed E-state index contributed by atoms with van der Waals surface area (Å²) in [5.74, 6) is -2.00. The van der Waals surface area contributed by atoms with E-state index in [1.807, 2.05) is 6.92 Å². The Morgan fingerprint density at radius 2 is 1.79 bits per heavy atom. The molecule has 0 fully saturated rings. The average Bonchev–Trinajstić information content (AvgIpc) is 3.51. The molecule has 1 aliphatic rings. The highest BCUT2D eigenvalue weighted by Gasteiger charge is 2.40. The second-order valence-electron chi connectivity index (χ2n) is 7.71. The molecule has 2 amide bonds. The Labute approximate surface area is 195 Å². The second-order valence-corrected chi connectivity index (χ2v) is 8.57. The smallest absolute Gasteiger partial charge is 0.416 e. The van der Waals surface area contributed by atoms with Crippen LogP contribution < -0.4 is 0 Å². The first kappa shape index (κ1) is 21.7. The number of carboxylic acid groups (broad SMARTS) is 1. The van der Waals surface area contributed by atoms with Gasteiger partial charge in [0.1, 0.15) is 5.82 Å². The summed E-state index contributed by atoms with van der Waals surface area (Å²) in [6.45, 7) is 1.81. The molecule has 10 heteroatoms. The van der Waals surface area contributed by atoms with Crippen molar-refractivity contribution >= 4 is 45.9 Å². The monoisotopic (exact) mass is 477 g/mol. The van der Waals surface area contributed by atoms with Gasteiger partial charge in [-0.25, -0.2) is 14.2 Å². The normalized spacial score (nSPS) is 14.0. The van der Waals surface area contributed by atoms with Gasteiger partial charge in [-0.2, -0.15) is 0 Å². The average molecular weight is 477 g/mol. The fraction of sp³-hybridized carbons (Fsp3) is 0.125. The summed E-state index contributed by atoms with van der Waals surface area (Å²) >= 11 is 1.03. The van der Waals surface area contributed by atoms with E-state index in [0.29, 0.717) is 23.2 Å². The Balaban J connectivity index is 1.51. The van der Waals surface area contributed by atoms with E-state index in [9.17, 15) is 28.7 Å². The van der Waals surface area contributed by atoms with Crippen LogP contribution in [-0.4, -0.2) is 43.2 Å². The zero-order valence-corrected chi connectivity index (χ0v) is 18.5. The van der Waals surface area contributed by atoms with Gasteiger partial charge in [-0.05, 0) is 36.8 Å². The minimum Gasteiger partial charge on any atom is -0.464 e. The second kappa shape index (κ2) is 7.99. The van der Waals surface area contributed by atoms with Gasteiger partial charge in [-0.1, -0.05) is 19.1 Å². The molecule has 1 aliphatic heterocycles. The van der Waals surface area contributed by atoms with E-state index in [1.54, 1.807) is 29.6 Å². The molecular weight excluding hydrogens is 461 g/mol. The lowest BCUT2D eigenvalue weighted by molar-refractivity contribution is 0.0574. The van der Waals surface area contributed by atoms with Gasteiger partial charge in [0.25, 0.3) is 11.8 Å². The summed E-state index contributed by atoms with van der Waals surface area (Å²) in [5.41, 5.74) is 1.15. The number of nitrogens with zero attached hydrogens (tertiary/aromatic N) is 3. The number of hydrogen-bond acceptors (Lipinski definition) is 6. The first-order valence-electron chi connectivity index (χ1n) is 10.3. The van der Waals surface area contributed by atoms with Crippen LogP contribution in [0.25, 0.3) is 10.9 Å². The molecule has 1 N–H and O–H groups in total. The maximum Gasteiger partial charge on any atom is 0.416 e. The Hall–Kier alpha value is -4.18. The molecule has 0 bridgehead atoms. The fourth-order valence-electron chi connectivity index (χ4n) is 4.21. The van der Waals surface area contributed by atoms with Crippen molar-refractivity contribution in [1.82, 2.24) is 14.5 Å². The van der Waals surface area contributed by atoms with Gasteiger partial charge in [-0.15, -0.1) is 11.3 Å². The van der Waals surface area contributed by atoms with E-state index in [-0.39, 0.29) is 21.5 Å². The van der Waals surface area contributed by atoms with Gasteiger partial charge in [-0.3, -0.25) is 23.9 Å². The number of amides is 2. The van der Waals surface area contributed by atoms with Crippen LogP contribution in [0.15, 0.2) is 54.0 Å². The molecule has 2 aromatic heterocycles. The molecule has 0 aliphatic carbocycles. The van der Waals surface area contributed by atoms with Crippen molar-refractivity contribution in [3.63, 3.8) is 0 Å². The molecule has 0 saturated heterocycles. The van der Waals surface area contributed by atoms with Crippen LogP contribution in [0.5, 0.6) is 0 Å². The number of carbonyl (C=O) groups is 4. The van der Waals surface area contributed by atoms with E-state index in [2.05, 4.69) is 4.98 Å². The maximum absolute atomic E-state index is 13.7. The van der Waals surface area contributed by atoms with Crippen molar-refractivity contribution < 1.29 is 28.7 Å². The Bertz CT molecular complexity index is 1490. The van der Waals surface area contributed by atoms with E-state index in [1.165, 1.54) is 6.07 Å². The summed E-state index contributed by atoms with van der Waals surface area (Å²) in [6, 6.07) is 9.44. The third-order valence-electron chi connectivity index (χ3n) is 5.80. The third kappa shape index (κ3) is 3.22. The molecule has 0 radical (unpaired) electrons. The van der Waals surface area contributed by atoms with Crippen molar-refractivity contribution in [1.29, 1.82) is 0 Å². The van der Waals surface area contributed by atoms with Gasteiger partial charge in [0.15, 0.2) is 5.01 Å². The molecule has 0 spiro atoms. The SMILES string of the molecule is CC[C@@H](c1csc(C(=O)c2cn(C(=O)O)c3cc(F)ccc23)n1)N1C(=O)c2ccccc2C1=O. The zero-order valence-electron chi connectivity index (χ0n) is 17.7. The van der Waals surface area contributed by atoms with E-state index in [0.717, 1.165) is 39.1 Å². The number of ketones is 1. The predicted octanol–water partition coefficient (Wildman–Crippen LogP) is 4.74. The molecule has 2 aromatic carbocycles. The fourth-order valence-corrected chi connectivity index (χ4v) is 5.03. The quantitative estimate of drug-likeness (QED) is 0.328. The summed E-state index contributed by atoms with van der Waals surface area (Å²) < 4.78 is 14.5. The summed E-state index contributed by atoms with van der Waals surface area (Å²) in [6.07, 6.45) is 0.170. The Morgan fingerprint density at radius 3 is 2.41 bits per heavy atom. The van der Waals surface area contributed by atoms with Gasteiger partial charge in [0, 0.05) is 17.0 Å². The molecule has 8 nitrogen and oxygen atoms in total. The van der Waals surface area contributed by atoms with Crippen LogP contribution in [0.4, 0.5) is 9.18 Å².